The van der Waals surface area contributed by atoms with Gasteiger partial charge in [0.15, 0.2) is 17.6 Å². The number of guanidine groups is 1. The molecule has 2 fully saturated rings. The minimum atomic E-state index is -0.779. The van der Waals surface area contributed by atoms with Crippen LogP contribution in [-0.2, 0) is 0 Å². The quantitative estimate of drug-likeness (QED) is 0.861. The third-order valence-electron chi connectivity index (χ3n) is 4.97. The molecule has 1 aromatic rings. The van der Waals surface area contributed by atoms with Crippen molar-refractivity contribution in [3.63, 3.8) is 0 Å². The highest BCUT2D eigenvalue weighted by Gasteiger charge is 2.44. The monoisotopic (exact) mass is 291 g/mol. The Morgan fingerprint density at radius 2 is 1.95 bits per heavy atom. The van der Waals surface area contributed by atoms with E-state index in [2.05, 4.69) is 15.2 Å². The topological polar surface area (TPSA) is 27.6 Å². The van der Waals surface area contributed by atoms with E-state index in [-0.39, 0.29) is 6.04 Å². The number of fused-ring (bicyclic) bond motifs is 3. The van der Waals surface area contributed by atoms with E-state index in [1.165, 1.54) is 31.4 Å². The first-order valence-corrected chi connectivity index (χ1v) is 7.78. The van der Waals surface area contributed by atoms with Crippen LogP contribution in [0.2, 0.25) is 0 Å². The van der Waals surface area contributed by atoms with Gasteiger partial charge in [0.25, 0.3) is 0 Å². The van der Waals surface area contributed by atoms with Crippen molar-refractivity contribution in [2.24, 2.45) is 4.99 Å². The molecule has 2 heterocycles. The standard InChI is InChI=1S/C16H19F2N3/c17-11-6-5-10(9-12(11)18)14-7-8-19-16-20-13-3-1-2-4-15(13)21(14)16/h5-6,9,13-15H,1-4,7-8H2,(H,19,20). The maximum Gasteiger partial charge on any atom is 0.195 e. The Morgan fingerprint density at radius 3 is 2.81 bits per heavy atom. The fraction of sp³-hybridized carbons (Fsp3) is 0.562. The maximum absolute atomic E-state index is 13.6. The highest BCUT2D eigenvalue weighted by atomic mass is 19.2. The lowest BCUT2D eigenvalue weighted by atomic mass is 9.89. The fourth-order valence-electron chi connectivity index (χ4n) is 3.99. The van der Waals surface area contributed by atoms with Crippen molar-refractivity contribution < 1.29 is 8.78 Å². The van der Waals surface area contributed by atoms with E-state index >= 15 is 0 Å². The summed E-state index contributed by atoms with van der Waals surface area (Å²) in [5.74, 6) is -0.588. The van der Waals surface area contributed by atoms with Crippen molar-refractivity contribution in [2.75, 3.05) is 6.54 Å². The van der Waals surface area contributed by atoms with Crippen LogP contribution in [0.5, 0.6) is 0 Å². The molecule has 3 aliphatic rings. The zero-order valence-corrected chi connectivity index (χ0v) is 11.9. The van der Waals surface area contributed by atoms with E-state index in [1.807, 2.05) is 0 Å². The van der Waals surface area contributed by atoms with Gasteiger partial charge in [0.2, 0.25) is 0 Å². The lowest BCUT2D eigenvalue weighted by Crippen LogP contribution is -2.43. The summed E-state index contributed by atoms with van der Waals surface area (Å²) in [6.07, 6.45) is 5.67. The third kappa shape index (κ3) is 2.10. The summed E-state index contributed by atoms with van der Waals surface area (Å²) in [6.45, 7) is 0.738. The van der Waals surface area contributed by atoms with Crippen LogP contribution in [-0.4, -0.2) is 29.5 Å². The number of nitrogens with one attached hydrogen (secondary N) is 1. The Labute approximate surface area is 123 Å². The molecule has 1 aromatic carbocycles. The molecule has 1 saturated heterocycles. The smallest absolute Gasteiger partial charge is 0.195 e. The molecule has 2 aliphatic heterocycles. The molecule has 1 aliphatic carbocycles. The number of halogens is 2. The zero-order chi connectivity index (χ0) is 14.4. The van der Waals surface area contributed by atoms with E-state index in [4.69, 9.17) is 0 Å². The second-order valence-corrected chi connectivity index (χ2v) is 6.19. The largest absolute Gasteiger partial charge is 0.351 e. The normalized spacial score (nSPS) is 31.2. The average molecular weight is 291 g/mol. The molecule has 0 radical (unpaired) electrons. The summed E-state index contributed by atoms with van der Waals surface area (Å²) >= 11 is 0. The van der Waals surface area contributed by atoms with Crippen molar-refractivity contribution in [3.05, 3.63) is 35.4 Å². The van der Waals surface area contributed by atoms with Gasteiger partial charge in [-0.25, -0.2) is 8.78 Å². The highest BCUT2D eigenvalue weighted by molar-refractivity contribution is 5.84. The molecule has 0 aromatic heterocycles. The second-order valence-electron chi connectivity index (χ2n) is 6.19. The average Bonchev–Trinajstić information content (AvgIpc) is 2.88. The number of rotatable bonds is 1. The minimum absolute atomic E-state index is 0.105. The summed E-state index contributed by atoms with van der Waals surface area (Å²) < 4.78 is 26.7. The Bertz CT molecular complexity index is 587. The summed E-state index contributed by atoms with van der Waals surface area (Å²) in [6, 6.07) is 5.30. The highest BCUT2D eigenvalue weighted by Crippen LogP contribution is 2.38. The van der Waals surface area contributed by atoms with E-state index < -0.39 is 11.6 Å². The van der Waals surface area contributed by atoms with Crippen molar-refractivity contribution in [1.29, 1.82) is 0 Å². The van der Waals surface area contributed by atoms with Crippen molar-refractivity contribution in [1.82, 2.24) is 10.2 Å². The minimum Gasteiger partial charge on any atom is -0.351 e. The van der Waals surface area contributed by atoms with Gasteiger partial charge < -0.3 is 10.2 Å². The van der Waals surface area contributed by atoms with E-state index in [9.17, 15) is 8.78 Å². The first-order chi connectivity index (χ1) is 10.2. The lowest BCUT2D eigenvalue weighted by Gasteiger charge is -2.38. The van der Waals surface area contributed by atoms with Gasteiger partial charge in [-0.15, -0.1) is 0 Å². The molecule has 4 rings (SSSR count). The third-order valence-corrected chi connectivity index (χ3v) is 4.97. The Hall–Kier alpha value is -1.65. The first kappa shape index (κ1) is 13.0. The molecule has 3 unspecified atom stereocenters. The number of hydrogen-bond acceptors (Lipinski definition) is 3. The summed E-state index contributed by atoms with van der Waals surface area (Å²) in [7, 11) is 0. The summed E-state index contributed by atoms with van der Waals surface area (Å²) in [5.41, 5.74) is 0.856. The Morgan fingerprint density at radius 1 is 1.10 bits per heavy atom. The number of nitrogens with zero attached hydrogens (tertiary/aromatic N) is 2. The van der Waals surface area contributed by atoms with Crippen LogP contribution in [0.1, 0.15) is 43.7 Å². The molecule has 0 bridgehead atoms. The van der Waals surface area contributed by atoms with Gasteiger partial charge in [0.1, 0.15) is 0 Å². The van der Waals surface area contributed by atoms with Gasteiger partial charge in [-0.05, 0) is 37.0 Å². The van der Waals surface area contributed by atoms with E-state index in [0.29, 0.717) is 12.1 Å². The van der Waals surface area contributed by atoms with Crippen LogP contribution in [0.4, 0.5) is 8.78 Å². The van der Waals surface area contributed by atoms with E-state index in [0.717, 1.165) is 30.9 Å². The molecule has 3 nitrogen and oxygen atoms in total. The molecule has 1 saturated carbocycles. The molecule has 112 valence electrons. The predicted molar refractivity (Wildman–Crippen MR) is 77.0 cm³/mol. The molecule has 3 atom stereocenters. The molecule has 5 heteroatoms. The van der Waals surface area contributed by atoms with Crippen LogP contribution in [0.15, 0.2) is 23.2 Å². The fourth-order valence-corrected chi connectivity index (χ4v) is 3.99. The van der Waals surface area contributed by atoms with Crippen LogP contribution < -0.4 is 5.32 Å². The van der Waals surface area contributed by atoms with E-state index in [1.54, 1.807) is 6.07 Å². The van der Waals surface area contributed by atoms with Crippen LogP contribution in [0, 0.1) is 11.6 Å². The summed E-state index contributed by atoms with van der Waals surface area (Å²) in [5, 5.41) is 3.53. The van der Waals surface area contributed by atoms with Gasteiger partial charge >= 0.3 is 0 Å². The molecular formula is C16H19F2N3. The van der Waals surface area contributed by atoms with Gasteiger partial charge in [-0.1, -0.05) is 18.9 Å². The lowest BCUT2D eigenvalue weighted by molar-refractivity contribution is 0.188. The van der Waals surface area contributed by atoms with Gasteiger partial charge in [0, 0.05) is 12.6 Å². The van der Waals surface area contributed by atoms with Crippen LogP contribution >= 0.6 is 0 Å². The maximum atomic E-state index is 13.6. The zero-order valence-electron chi connectivity index (χ0n) is 11.9. The number of aliphatic imine (C=N–C) groups is 1. The molecule has 0 amide bonds. The Kier molecular flexibility index (Phi) is 3.08. The van der Waals surface area contributed by atoms with Crippen LogP contribution in [0.3, 0.4) is 0 Å². The van der Waals surface area contributed by atoms with Crippen molar-refractivity contribution >= 4 is 5.96 Å². The Balaban J connectivity index is 1.69. The molecule has 21 heavy (non-hydrogen) atoms. The first-order valence-electron chi connectivity index (χ1n) is 7.78. The van der Waals surface area contributed by atoms with Gasteiger partial charge in [-0.2, -0.15) is 0 Å². The van der Waals surface area contributed by atoms with Crippen molar-refractivity contribution in [3.8, 4) is 0 Å². The SMILES string of the molecule is Fc1ccc(C2CCN=C3NC4CCCCC4N32)cc1F. The molecule has 0 spiro atoms. The second kappa shape index (κ2) is 4.97. The number of benzene rings is 1. The van der Waals surface area contributed by atoms with Crippen molar-refractivity contribution in [2.45, 2.75) is 50.2 Å². The van der Waals surface area contributed by atoms with Gasteiger partial charge in [0.05, 0.1) is 12.1 Å². The number of hydrogen-bond donors (Lipinski definition) is 1. The summed E-state index contributed by atoms with van der Waals surface area (Å²) in [4.78, 5) is 6.91. The molecule has 1 N–H and O–H groups in total. The van der Waals surface area contributed by atoms with Crippen LogP contribution in [0.25, 0.3) is 0 Å². The predicted octanol–water partition coefficient (Wildman–Crippen LogP) is 2.98. The molecular weight excluding hydrogens is 272 g/mol. The van der Waals surface area contributed by atoms with Gasteiger partial charge in [-0.3, -0.25) is 4.99 Å².